The first-order valence-electron chi connectivity index (χ1n) is 8.53. The number of nitrogens with zero attached hydrogens (tertiary/aromatic N) is 2. The standard InChI is InChI=1S/C19H28N4S/c1-4-23(5-2)18(17-9-7-6-8-10-17)14-22-19(20-3)21-13-16-11-12-24-15-16/h6-12,15,18H,4-5,13-14H2,1-3H3,(H2,20,21,22). The van der Waals surface area contributed by atoms with E-state index in [-0.39, 0.29) is 0 Å². The molecule has 0 aliphatic carbocycles. The Kier molecular flexibility index (Phi) is 7.79. The summed E-state index contributed by atoms with van der Waals surface area (Å²) in [7, 11) is 1.82. The Labute approximate surface area is 149 Å². The number of benzene rings is 1. The summed E-state index contributed by atoms with van der Waals surface area (Å²) < 4.78 is 0. The van der Waals surface area contributed by atoms with Gasteiger partial charge in [-0.25, -0.2) is 0 Å². The Bertz CT molecular complexity index is 591. The van der Waals surface area contributed by atoms with Crippen molar-refractivity contribution in [3.8, 4) is 0 Å². The fourth-order valence-electron chi connectivity index (χ4n) is 2.79. The van der Waals surface area contributed by atoms with Gasteiger partial charge in [0.25, 0.3) is 0 Å². The summed E-state index contributed by atoms with van der Waals surface area (Å²) in [5.41, 5.74) is 2.62. The lowest BCUT2D eigenvalue weighted by molar-refractivity contribution is 0.219. The molecule has 0 saturated heterocycles. The van der Waals surface area contributed by atoms with Crippen LogP contribution < -0.4 is 10.6 Å². The van der Waals surface area contributed by atoms with E-state index in [1.165, 1.54) is 11.1 Å². The fraction of sp³-hybridized carbons (Fsp3) is 0.421. The summed E-state index contributed by atoms with van der Waals surface area (Å²) in [5.74, 6) is 0.842. The average molecular weight is 345 g/mol. The second-order valence-electron chi connectivity index (χ2n) is 5.59. The zero-order valence-corrected chi connectivity index (χ0v) is 15.6. The number of hydrogen-bond donors (Lipinski definition) is 2. The summed E-state index contributed by atoms with van der Waals surface area (Å²) in [6.45, 7) is 8.10. The maximum Gasteiger partial charge on any atom is 0.191 e. The highest BCUT2D eigenvalue weighted by molar-refractivity contribution is 7.07. The first-order chi connectivity index (χ1) is 11.8. The molecule has 1 aromatic heterocycles. The van der Waals surface area contributed by atoms with E-state index in [2.05, 4.69) is 81.5 Å². The molecule has 0 aliphatic heterocycles. The topological polar surface area (TPSA) is 39.7 Å². The number of rotatable bonds is 8. The van der Waals surface area contributed by atoms with Gasteiger partial charge in [0.1, 0.15) is 0 Å². The Morgan fingerprint density at radius 2 is 1.88 bits per heavy atom. The van der Waals surface area contributed by atoms with Crippen molar-refractivity contribution in [2.24, 2.45) is 4.99 Å². The van der Waals surface area contributed by atoms with E-state index in [1.807, 2.05) is 7.05 Å². The predicted octanol–water partition coefficient (Wildman–Crippen LogP) is 3.50. The highest BCUT2D eigenvalue weighted by Gasteiger charge is 2.18. The van der Waals surface area contributed by atoms with E-state index in [4.69, 9.17) is 0 Å². The quantitative estimate of drug-likeness (QED) is 0.569. The average Bonchev–Trinajstić information content (AvgIpc) is 3.15. The van der Waals surface area contributed by atoms with Crippen LogP contribution in [0, 0.1) is 0 Å². The van der Waals surface area contributed by atoms with Crippen molar-refractivity contribution in [3.05, 3.63) is 58.3 Å². The largest absolute Gasteiger partial charge is 0.354 e. The summed E-state index contributed by atoms with van der Waals surface area (Å²) in [6.07, 6.45) is 0. The molecule has 0 aliphatic rings. The first-order valence-corrected chi connectivity index (χ1v) is 9.47. The van der Waals surface area contributed by atoms with Gasteiger partial charge in [0.05, 0.1) is 6.04 Å². The van der Waals surface area contributed by atoms with Gasteiger partial charge in [-0.2, -0.15) is 11.3 Å². The zero-order valence-electron chi connectivity index (χ0n) is 14.8. The van der Waals surface area contributed by atoms with Crippen molar-refractivity contribution in [1.29, 1.82) is 0 Å². The number of nitrogens with one attached hydrogen (secondary N) is 2. The molecule has 2 rings (SSSR count). The number of likely N-dealkylation sites (N-methyl/N-ethyl adjacent to an activating group) is 1. The van der Waals surface area contributed by atoms with E-state index in [0.717, 1.165) is 32.1 Å². The highest BCUT2D eigenvalue weighted by Crippen LogP contribution is 2.19. The lowest BCUT2D eigenvalue weighted by Crippen LogP contribution is -2.43. The summed E-state index contributed by atoms with van der Waals surface area (Å²) in [4.78, 5) is 6.81. The van der Waals surface area contributed by atoms with Gasteiger partial charge in [-0.3, -0.25) is 9.89 Å². The summed E-state index contributed by atoms with van der Waals surface area (Å²) in [5, 5.41) is 11.1. The first kappa shape index (κ1) is 18.5. The summed E-state index contributed by atoms with van der Waals surface area (Å²) >= 11 is 1.72. The maximum atomic E-state index is 4.34. The molecule has 0 saturated carbocycles. The van der Waals surface area contributed by atoms with Gasteiger partial charge >= 0.3 is 0 Å². The highest BCUT2D eigenvalue weighted by atomic mass is 32.1. The number of thiophene rings is 1. The SMILES string of the molecule is CCN(CC)C(CNC(=NC)NCc1ccsc1)c1ccccc1. The Morgan fingerprint density at radius 1 is 1.12 bits per heavy atom. The minimum atomic E-state index is 0.334. The lowest BCUT2D eigenvalue weighted by atomic mass is 10.1. The molecule has 0 radical (unpaired) electrons. The molecule has 4 nitrogen and oxygen atoms in total. The second-order valence-corrected chi connectivity index (χ2v) is 6.37. The molecule has 5 heteroatoms. The Hall–Kier alpha value is -1.85. The van der Waals surface area contributed by atoms with Crippen LogP contribution in [0.25, 0.3) is 0 Å². The third-order valence-electron chi connectivity index (χ3n) is 4.16. The van der Waals surface area contributed by atoms with Gasteiger partial charge in [-0.1, -0.05) is 44.2 Å². The van der Waals surface area contributed by atoms with Crippen LogP contribution in [-0.4, -0.2) is 37.5 Å². The van der Waals surface area contributed by atoms with E-state index in [9.17, 15) is 0 Å². The van der Waals surface area contributed by atoms with Gasteiger partial charge in [0.2, 0.25) is 0 Å². The Morgan fingerprint density at radius 3 is 2.46 bits per heavy atom. The van der Waals surface area contributed by atoms with Crippen LogP contribution in [0.4, 0.5) is 0 Å². The van der Waals surface area contributed by atoms with Crippen molar-refractivity contribution >= 4 is 17.3 Å². The molecular formula is C19H28N4S. The van der Waals surface area contributed by atoms with Crippen LogP contribution in [0.15, 0.2) is 52.2 Å². The molecule has 130 valence electrons. The second kappa shape index (κ2) is 10.1. The molecule has 0 spiro atoms. The molecular weight excluding hydrogens is 316 g/mol. The van der Waals surface area contributed by atoms with Gasteiger partial charge in [0, 0.05) is 20.1 Å². The fourth-order valence-corrected chi connectivity index (χ4v) is 3.46. The van der Waals surface area contributed by atoms with E-state index in [0.29, 0.717) is 6.04 Å². The number of guanidine groups is 1. The van der Waals surface area contributed by atoms with Crippen molar-refractivity contribution < 1.29 is 0 Å². The van der Waals surface area contributed by atoms with Crippen LogP contribution in [0.5, 0.6) is 0 Å². The van der Waals surface area contributed by atoms with Crippen molar-refractivity contribution in [3.63, 3.8) is 0 Å². The third kappa shape index (κ3) is 5.35. The Balaban J connectivity index is 1.97. The molecule has 2 N–H and O–H groups in total. The van der Waals surface area contributed by atoms with Gasteiger partial charge in [-0.05, 0) is 41.0 Å². The molecule has 1 aromatic carbocycles. The van der Waals surface area contributed by atoms with Crippen LogP contribution in [0.3, 0.4) is 0 Å². The van der Waals surface area contributed by atoms with E-state index in [1.54, 1.807) is 11.3 Å². The number of hydrogen-bond acceptors (Lipinski definition) is 3. The van der Waals surface area contributed by atoms with Crippen LogP contribution in [0.2, 0.25) is 0 Å². The third-order valence-corrected chi connectivity index (χ3v) is 4.90. The monoisotopic (exact) mass is 344 g/mol. The molecule has 2 aromatic rings. The van der Waals surface area contributed by atoms with Crippen molar-refractivity contribution in [2.75, 3.05) is 26.7 Å². The van der Waals surface area contributed by atoms with Crippen molar-refractivity contribution in [2.45, 2.75) is 26.4 Å². The van der Waals surface area contributed by atoms with E-state index >= 15 is 0 Å². The summed E-state index contributed by atoms with van der Waals surface area (Å²) in [6, 6.07) is 13.1. The molecule has 0 bridgehead atoms. The zero-order chi connectivity index (χ0) is 17.2. The maximum absolute atomic E-state index is 4.34. The predicted molar refractivity (Wildman–Crippen MR) is 105 cm³/mol. The minimum absolute atomic E-state index is 0.334. The molecule has 24 heavy (non-hydrogen) atoms. The van der Waals surface area contributed by atoms with Gasteiger partial charge in [-0.15, -0.1) is 0 Å². The van der Waals surface area contributed by atoms with E-state index < -0.39 is 0 Å². The lowest BCUT2D eigenvalue weighted by Gasteiger charge is -2.30. The number of aliphatic imine (C=N–C) groups is 1. The smallest absolute Gasteiger partial charge is 0.191 e. The van der Waals surface area contributed by atoms with Crippen LogP contribution >= 0.6 is 11.3 Å². The van der Waals surface area contributed by atoms with Gasteiger partial charge < -0.3 is 10.6 Å². The van der Waals surface area contributed by atoms with Crippen LogP contribution in [-0.2, 0) is 6.54 Å². The molecule has 1 heterocycles. The molecule has 1 unspecified atom stereocenters. The molecule has 1 atom stereocenters. The molecule has 0 fully saturated rings. The van der Waals surface area contributed by atoms with Gasteiger partial charge in [0.15, 0.2) is 5.96 Å². The van der Waals surface area contributed by atoms with Crippen LogP contribution in [0.1, 0.15) is 31.0 Å². The minimum Gasteiger partial charge on any atom is -0.354 e. The molecule has 0 amide bonds. The van der Waals surface area contributed by atoms with Crippen molar-refractivity contribution in [1.82, 2.24) is 15.5 Å². The normalized spacial score (nSPS) is 13.1.